The molecule has 2 aliphatic carbocycles. The lowest BCUT2D eigenvalue weighted by Crippen LogP contribution is -2.55. The zero-order valence-electron chi connectivity index (χ0n) is 43.9. The Morgan fingerprint density at radius 3 is 1.32 bits per heavy atom. The van der Waals surface area contributed by atoms with Crippen molar-refractivity contribution in [2.75, 3.05) is 41.7 Å². The summed E-state index contributed by atoms with van der Waals surface area (Å²) in [6.07, 6.45) is 22.0. The van der Waals surface area contributed by atoms with E-state index in [1.165, 1.54) is 25.4 Å². The Morgan fingerprint density at radius 2 is 0.942 bits per heavy atom. The number of methoxy groups -OCH3 is 4. The Morgan fingerprint density at radius 1 is 0.565 bits per heavy atom. The number of ether oxygens (including phenoxy) is 9. The van der Waals surface area contributed by atoms with Gasteiger partial charge in [-0.3, -0.25) is 19.2 Å². The van der Waals surface area contributed by atoms with Crippen LogP contribution in [-0.4, -0.2) is 135 Å². The number of unbranched alkanes of at least 4 members (excludes halogenated alkanes) is 10. The van der Waals surface area contributed by atoms with Crippen molar-refractivity contribution < 1.29 is 72.0 Å². The van der Waals surface area contributed by atoms with E-state index in [0.29, 0.717) is 19.3 Å². The van der Waals surface area contributed by atoms with Crippen molar-refractivity contribution in [1.82, 2.24) is 0 Å². The average molecular weight is 979 g/mol. The first-order valence-electron chi connectivity index (χ1n) is 26.0. The molecule has 12 atom stereocenters. The van der Waals surface area contributed by atoms with Gasteiger partial charge in [-0.05, 0) is 106 Å². The predicted octanol–water partition coefficient (Wildman–Crippen LogP) is 9.32. The third-order valence-electron chi connectivity index (χ3n) is 15.3. The minimum atomic E-state index is -0.722. The number of aliphatic hydroxyl groups excluding tert-OH is 1. The molecule has 6 aliphatic rings. The van der Waals surface area contributed by atoms with Crippen LogP contribution in [-0.2, 0) is 61.8 Å². The molecule has 4 aliphatic heterocycles. The van der Waals surface area contributed by atoms with Crippen LogP contribution in [0.3, 0.4) is 0 Å². The van der Waals surface area contributed by atoms with Gasteiger partial charge in [0.2, 0.25) is 0 Å². The second kappa shape index (κ2) is 27.8. The number of allylic oxidation sites excluding steroid dienone is 2. The van der Waals surface area contributed by atoms with E-state index in [9.17, 15) is 24.3 Å². The average Bonchev–Trinajstić information content (AvgIpc) is 4.20. The lowest BCUT2D eigenvalue weighted by atomic mass is 9.68. The number of rotatable bonds is 27. The van der Waals surface area contributed by atoms with Crippen molar-refractivity contribution in [1.29, 1.82) is 0 Å². The van der Waals surface area contributed by atoms with Crippen molar-refractivity contribution in [3.8, 4) is 0 Å². The van der Waals surface area contributed by atoms with Gasteiger partial charge in [0.05, 0.1) is 69.3 Å². The highest BCUT2D eigenvalue weighted by Gasteiger charge is 2.73. The largest absolute Gasteiger partial charge is 0.481 e. The molecule has 15 nitrogen and oxygen atoms in total. The SMILES string of the molecule is COC(=O)CCCCCCCCC(=O)O.COC(=O)CCCCCCCCC(=O)O[C@@H]1CC[C@]2(CO2)[C@@H]([C@@]2(C)O[C@@H]2CC=C(C)C)[C@@H]1OC.CO[C@@H]1[C@H](O)CC[C@]2(CO2)[C@H]1[C@@]1(C)O[C@@H]1CC=C(C)C. The van der Waals surface area contributed by atoms with Crippen molar-refractivity contribution >= 4 is 23.9 Å². The Bertz CT molecular complexity index is 1680. The maximum Gasteiger partial charge on any atom is 0.306 e. The zero-order chi connectivity index (χ0) is 50.8. The summed E-state index contributed by atoms with van der Waals surface area (Å²) in [7, 11) is 6.20. The van der Waals surface area contributed by atoms with E-state index in [2.05, 4.69) is 63.2 Å². The summed E-state index contributed by atoms with van der Waals surface area (Å²) in [5, 5.41) is 18.6. The molecule has 0 aromatic rings. The maximum atomic E-state index is 12.6. The van der Waals surface area contributed by atoms with Gasteiger partial charge >= 0.3 is 23.9 Å². The fourth-order valence-electron chi connectivity index (χ4n) is 11.0. The number of esters is 3. The smallest absolute Gasteiger partial charge is 0.306 e. The standard InChI is InChI=1S/C27H44O7.C16H26O4.C11H20O4/c1-19(2)14-15-21-26(3,34-21)25-24(31-5)20(16-17-27(25)18-32-27)33-23(29)13-11-9-7-6-8-10-12-22(28)30-4;1-10(2)5-6-12-15(3,20-12)14-13(18-4)11(17)7-8-16(14)9-19-16;1-15-11(14)9-7-5-3-2-4-6-8-10(12)13/h14,20-21,24-25H,6-13,15-18H2,1-5H3;5,11-14,17H,6-9H2,1-4H3;2-9H2,1H3,(H,12,13)/t20-,21-,24-,25-,26+,27+;11-,12-,13-,14-,15+,16+;/m11./s1. The van der Waals surface area contributed by atoms with Crippen LogP contribution < -0.4 is 0 Å². The van der Waals surface area contributed by atoms with Crippen LogP contribution in [0.25, 0.3) is 0 Å². The summed E-state index contributed by atoms with van der Waals surface area (Å²) in [6.45, 7) is 14.2. The Hall–Kier alpha value is -2.92. The zero-order valence-corrected chi connectivity index (χ0v) is 43.9. The molecule has 0 amide bonds. The van der Waals surface area contributed by atoms with Gasteiger partial charge < -0.3 is 52.8 Å². The summed E-state index contributed by atoms with van der Waals surface area (Å²) < 4.78 is 50.7. The fourth-order valence-corrected chi connectivity index (χ4v) is 11.0. The quantitative estimate of drug-likeness (QED) is 0.0259. The fraction of sp³-hybridized carbons (Fsp3) is 0.852. The molecular formula is C54H90O15. The van der Waals surface area contributed by atoms with Crippen molar-refractivity contribution in [2.45, 2.75) is 242 Å². The van der Waals surface area contributed by atoms with Gasteiger partial charge in [0.15, 0.2) is 0 Å². The van der Waals surface area contributed by atoms with Gasteiger partial charge in [-0.15, -0.1) is 0 Å². The van der Waals surface area contributed by atoms with Gasteiger partial charge in [-0.2, -0.15) is 0 Å². The molecule has 0 aromatic carbocycles. The first-order chi connectivity index (χ1) is 32.8. The predicted molar refractivity (Wildman–Crippen MR) is 260 cm³/mol. The number of carboxylic acids is 1. The highest BCUT2D eigenvalue weighted by molar-refractivity contribution is 5.70. The first kappa shape index (κ1) is 58.6. The molecule has 0 radical (unpaired) electrons. The van der Waals surface area contributed by atoms with Crippen molar-refractivity contribution in [3.63, 3.8) is 0 Å². The molecular weight excluding hydrogens is 889 g/mol. The maximum absolute atomic E-state index is 12.6. The van der Waals surface area contributed by atoms with E-state index in [4.69, 9.17) is 38.3 Å². The third kappa shape index (κ3) is 17.7. The molecule has 6 fully saturated rings. The highest BCUT2D eigenvalue weighted by Crippen LogP contribution is 2.61. The number of carbonyl (C=O) groups is 4. The van der Waals surface area contributed by atoms with E-state index in [-0.39, 0.29) is 89.1 Å². The molecule has 69 heavy (non-hydrogen) atoms. The van der Waals surface area contributed by atoms with Crippen LogP contribution >= 0.6 is 0 Å². The summed E-state index contributed by atoms with van der Waals surface area (Å²) in [5.74, 6) is -0.989. The molecule has 2 N–H and O–H groups in total. The number of carboxylic acid groups (broad SMARTS) is 1. The molecule has 15 heteroatoms. The van der Waals surface area contributed by atoms with E-state index in [1.807, 2.05) is 0 Å². The molecule has 396 valence electrons. The van der Waals surface area contributed by atoms with Crippen LogP contribution in [0, 0.1) is 11.8 Å². The third-order valence-corrected chi connectivity index (χ3v) is 15.3. The molecule has 4 saturated heterocycles. The topological polar surface area (TPSA) is 205 Å². The molecule has 0 unspecified atom stereocenters. The Labute approximate surface area is 413 Å². The lowest BCUT2D eigenvalue weighted by Gasteiger charge is -2.42. The Balaban J connectivity index is 0.000000250. The molecule has 0 aromatic heterocycles. The lowest BCUT2D eigenvalue weighted by molar-refractivity contribution is -0.172. The van der Waals surface area contributed by atoms with Crippen molar-refractivity contribution in [2.24, 2.45) is 11.8 Å². The number of carbonyl (C=O) groups excluding carboxylic acids is 3. The summed E-state index contributed by atoms with van der Waals surface area (Å²) in [5.41, 5.74) is 1.73. The number of hydrogen-bond donors (Lipinski definition) is 2. The van der Waals surface area contributed by atoms with E-state index < -0.39 is 12.1 Å². The van der Waals surface area contributed by atoms with Crippen LogP contribution in [0.2, 0.25) is 0 Å². The van der Waals surface area contributed by atoms with Gasteiger partial charge in [-0.1, -0.05) is 74.7 Å². The number of hydrogen-bond acceptors (Lipinski definition) is 14. The second-order valence-electron chi connectivity index (χ2n) is 21.1. The van der Waals surface area contributed by atoms with Crippen LogP contribution in [0.15, 0.2) is 23.3 Å². The van der Waals surface area contributed by atoms with Crippen molar-refractivity contribution in [3.05, 3.63) is 23.3 Å². The molecule has 2 spiro atoms. The van der Waals surface area contributed by atoms with Crippen LogP contribution in [0.5, 0.6) is 0 Å². The van der Waals surface area contributed by atoms with Gasteiger partial charge in [-0.25, -0.2) is 0 Å². The van der Waals surface area contributed by atoms with E-state index in [1.54, 1.807) is 14.2 Å². The summed E-state index contributed by atoms with van der Waals surface area (Å²) >= 11 is 0. The van der Waals surface area contributed by atoms with E-state index in [0.717, 1.165) is 129 Å². The Kier molecular flexibility index (Phi) is 23.6. The minimum Gasteiger partial charge on any atom is -0.481 e. The van der Waals surface area contributed by atoms with Gasteiger partial charge in [0.1, 0.15) is 29.0 Å². The van der Waals surface area contributed by atoms with Crippen LogP contribution in [0.4, 0.5) is 0 Å². The highest BCUT2D eigenvalue weighted by atomic mass is 16.6. The van der Waals surface area contributed by atoms with Gasteiger partial charge in [0.25, 0.3) is 0 Å². The first-order valence-corrected chi connectivity index (χ1v) is 26.0. The number of aliphatic hydroxyl groups is 1. The summed E-state index contributed by atoms with van der Waals surface area (Å²) in [6, 6.07) is 0. The normalized spacial score (nSPS) is 33.4. The molecule has 4 heterocycles. The van der Waals surface area contributed by atoms with E-state index >= 15 is 0 Å². The number of aliphatic carboxylic acids is 1. The van der Waals surface area contributed by atoms with Crippen LogP contribution in [0.1, 0.15) is 183 Å². The monoisotopic (exact) mass is 979 g/mol. The molecule has 2 saturated carbocycles. The summed E-state index contributed by atoms with van der Waals surface area (Å²) in [4.78, 5) is 44.7. The van der Waals surface area contributed by atoms with Gasteiger partial charge in [0, 0.05) is 39.9 Å². The molecule has 0 bridgehead atoms. The number of epoxide rings is 4. The second-order valence-corrected chi connectivity index (χ2v) is 21.1. The molecule has 6 rings (SSSR count). The minimum absolute atomic E-state index is 0.0529.